The third-order valence-corrected chi connectivity index (χ3v) is 5.01. The van der Waals surface area contributed by atoms with E-state index in [1.165, 1.54) is 5.01 Å². The first kappa shape index (κ1) is 20.5. The van der Waals surface area contributed by atoms with Crippen molar-refractivity contribution in [2.24, 2.45) is 5.10 Å². The fraction of sp³-hybridized carbons (Fsp3) is 0.250. The highest BCUT2D eigenvalue weighted by atomic mass is 32.2. The van der Waals surface area contributed by atoms with Gasteiger partial charge in [0.05, 0.1) is 24.4 Å². The summed E-state index contributed by atoms with van der Waals surface area (Å²) in [6, 6.07) is 15.8. The second-order valence-electron chi connectivity index (χ2n) is 6.76. The van der Waals surface area contributed by atoms with Crippen LogP contribution in [-0.4, -0.2) is 42.4 Å². The summed E-state index contributed by atoms with van der Waals surface area (Å²) in [5.41, 5.74) is 2.60. The summed E-state index contributed by atoms with van der Waals surface area (Å²) in [5.74, 6) is -1.42. The van der Waals surface area contributed by atoms with Crippen LogP contribution in [0.3, 0.4) is 0 Å². The normalized spacial score (nSPS) is 16.4. The summed E-state index contributed by atoms with van der Waals surface area (Å²) in [4.78, 5) is 23.5. The van der Waals surface area contributed by atoms with Crippen LogP contribution in [0.5, 0.6) is 0 Å². The average molecular weight is 415 g/mol. The van der Waals surface area contributed by atoms with Gasteiger partial charge in [0.25, 0.3) is 0 Å². The summed E-state index contributed by atoms with van der Waals surface area (Å²) < 4.78 is 25.4. The van der Waals surface area contributed by atoms with Crippen LogP contribution in [0.25, 0.3) is 0 Å². The van der Waals surface area contributed by atoms with E-state index in [2.05, 4.69) is 9.82 Å². The van der Waals surface area contributed by atoms with Crippen LogP contribution in [0.2, 0.25) is 0 Å². The molecule has 2 aromatic carbocycles. The highest BCUT2D eigenvalue weighted by molar-refractivity contribution is 7.92. The molecule has 0 saturated carbocycles. The maximum Gasteiger partial charge on any atom is 0.303 e. The number of rotatable bonds is 7. The maximum atomic E-state index is 12.6. The Balaban J connectivity index is 1.91. The SMILES string of the molecule is CS(=O)(=O)Nc1cccc(C2=NN(C(=O)CCC(=O)O)[C@H](c3ccccc3)C2)c1. The Hall–Kier alpha value is -3.20. The molecule has 0 bridgehead atoms. The molecule has 29 heavy (non-hydrogen) atoms. The molecule has 1 aliphatic heterocycles. The van der Waals surface area contributed by atoms with Crippen molar-refractivity contribution in [1.29, 1.82) is 0 Å². The molecule has 3 rings (SSSR count). The first-order chi connectivity index (χ1) is 13.7. The van der Waals surface area contributed by atoms with Crippen LogP contribution < -0.4 is 4.72 Å². The molecule has 152 valence electrons. The van der Waals surface area contributed by atoms with Crippen molar-refractivity contribution in [2.75, 3.05) is 11.0 Å². The summed E-state index contributed by atoms with van der Waals surface area (Å²) in [7, 11) is -3.42. The van der Waals surface area contributed by atoms with Crippen LogP contribution in [0.1, 0.15) is 36.4 Å². The number of carbonyl (C=O) groups is 2. The van der Waals surface area contributed by atoms with Crippen LogP contribution in [0, 0.1) is 0 Å². The van der Waals surface area contributed by atoms with Crippen LogP contribution in [0.4, 0.5) is 5.69 Å². The number of carbonyl (C=O) groups excluding carboxylic acids is 1. The van der Waals surface area contributed by atoms with Crippen molar-refractivity contribution in [2.45, 2.75) is 25.3 Å². The molecule has 0 radical (unpaired) electrons. The van der Waals surface area contributed by atoms with E-state index in [1.807, 2.05) is 30.3 Å². The maximum absolute atomic E-state index is 12.6. The Kier molecular flexibility index (Phi) is 5.97. The highest BCUT2D eigenvalue weighted by Crippen LogP contribution is 2.33. The molecule has 2 aromatic rings. The van der Waals surface area contributed by atoms with Crippen molar-refractivity contribution >= 4 is 33.3 Å². The fourth-order valence-electron chi connectivity index (χ4n) is 3.15. The van der Waals surface area contributed by atoms with Gasteiger partial charge in [-0.05, 0) is 23.3 Å². The molecular formula is C20H21N3O5S. The largest absolute Gasteiger partial charge is 0.481 e. The molecule has 2 N–H and O–H groups in total. The van der Waals surface area contributed by atoms with Crippen LogP contribution >= 0.6 is 0 Å². The van der Waals surface area contributed by atoms with Gasteiger partial charge in [-0.15, -0.1) is 0 Å². The van der Waals surface area contributed by atoms with E-state index >= 15 is 0 Å². The zero-order valence-electron chi connectivity index (χ0n) is 15.8. The fourth-order valence-corrected chi connectivity index (χ4v) is 3.71. The Morgan fingerprint density at radius 3 is 2.52 bits per heavy atom. The van der Waals surface area contributed by atoms with Crippen LogP contribution in [-0.2, 0) is 19.6 Å². The number of hydrazone groups is 1. The third-order valence-electron chi connectivity index (χ3n) is 4.40. The van der Waals surface area contributed by atoms with Gasteiger partial charge in [0.1, 0.15) is 0 Å². The van der Waals surface area contributed by atoms with Crippen molar-refractivity contribution in [3.8, 4) is 0 Å². The summed E-state index contributed by atoms with van der Waals surface area (Å²) in [5, 5.41) is 14.7. The summed E-state index contributed by atoms with van der Waals surface area (Å²) >= 11 is 0. The van der Waals surface area contributed by atoms with Gasteiger partial charge in [-0.25, -0.2) is 13.4 Å². The minimum atomic E-state index is -3.42. The molecule has 0 unspecified atom stereocenters. The van der Waals surface area contributed by atoms with E-state index in [0.717, 1.165) is 11.8 Å². The number of nitrogens with one attached hydrogen (secondary N) is 1. The molecule has 1 aliphatic rings. The average Bonchev–Trinajstić information content (AvgIpc) is 3.11. The lowest BCUT2D eigenvalue weighted by Crippen LogP contribution is -2.27. The molecule has 1 amide bonds. The van der Waals surface area contributed by atoms with Gasteiger partial charge < -0.3 is 5.11 Å². The van der Waals surface area contributed by atoms with E-state index in [9.17, 15) is 18.0 Å². The second kappa shape index (κ2) is 8.44. The minimum Gasteiger partial charge on any atom is -0.481 e. The number of hydrogen-bond donors (Lipinski definition) is 2. The topological polar surface area (TPSA) is 116 Å². The van der Waals surface area contributed by atoms with E-state index in [0.29, 0.717) is 23.4 Å². The smallest absolute Gasteiger partial charge is 0.303 e. The standard InChI is InChI=1S/C20H21N3O5S/c1-29(27,28)22-16-9-5-8-15(12-16)17-13-18(14-6-3-2-4-7-14)23(21-17)19(24)10-11-20(25)26/h2-9,12,18,22H,10-11,13H2,1H3,(H,25,26)/t18-/m0/s1. The Bertz CT molecular complexity index is 1050. The number of nitrogens with zero attached hydrogens (tertiary/aromatic N) is 2. The molecule has 1 heterocycles. The molecule has 8 nitrogen and oxygen atoms in total. The second-order valence-corrected chi connectivity index (χ2v) is 8.51. The minimum absolute atomic E-state index is 0.148. The number of anilines is 1. The Labute approximate surface area is 168 Å². The zero-order valence-corrected chi connectivity index (χ0v) is 16.6. The molecule has 0 aromatic heterocycles. The van der Waals surface area contributed by atoms with Crippen molar-refractivity contribution in [3.05, 3.63) is 65.7 Å². The van der Waals surface area contributed by atoms with Crippen LogP contribution in [0.15, 0.2) is 59.7 Å². The van der Waals surface area contributed by atoms with Gasteiger partial charge in [0.15, 0.2) is 0 Å². The van der Waals surface area contributed by atoms with E-state index in [4.69, 9.17) is 5.11 Å². The molecule has 0 aliphatic carbocycles. The number of sulfonamides is 1. The Morgan fingerprint density at radius 1 is 1.14 bits per heavy atom. The van der Waals surface area contributed by atoms with Gasteiger partial charge in [-0.2, -0.15) is 5.10 Å². The lowest BCUT2D eigenvalue weighted by atomic mass is 9.98. The van der Waals surface area contributed by atoms with Gasteiger partial charge in [-0.3, -0.25) is 14.3 Å². The number of benzene rings is 2. The van der Waals surface area contributed by atoms with Gasteiger partial charge in [-0.1, -0.05) is 42.5 Å². The van der Waals surface area contributed by atoms with Crippen molar-refractivity contribution in [3.63, 3.8) is 0 Å². The number of carboxylic acids is 1. The lowest BCUT2D eigenvalue weighted by Gasteiger charge is -2.21. The number of carboxylic acid groups (broad SMARTS) is 1. The molecular weight excluding hydrogens is 394 g/mol. The monoisotopic (exact) mass is 415 g/mol. The summed E-state index contributed by atoms with van der Waals surface area (Å²) in [6.07, 6.45) is 1.09. The molecule has 1 atom stereocenters. The third kappa shape index (κ3) is 5.41. The number of amides is 1. The first-order valence-electron chi connectivity index (χ1n) is 8.97. The van der Waals surface area contributed by atoms with Crippen molar-refractivity contribution < 1.29 is 23.1 Å². The number of aliphatic carboxylic acids is 1. The quantitative estimate of drug-likeness (QED) is 0.721. The van der Waals surface area contributed by atoms with E-state index in [-0.39, 0.29) is 24.8 Å². The van der Waals surface area contributed by atoms with Crippen molar-refractivity contribution in [1.82, 2.24) is 5.01 Å². The predicted octanol–water partition coefficient (Wildman–Crippen LogP) is 2.60. The van der Waals surface area contributed by atoms with E-state index < -0.39 is 16.0 Å². The number of hydrogen-bond acceptors (Lipinski definition) is 5. The summed E-state index contributed by atoms with van der Waals surface area (Å²) in [6.45, 7) is 0. The Morgan fingerprint density at radius 2 is 1.86 bits per heavy atom. The van der Waals surface area contributed by atoms with Gasteiger partial charge in [0.2, 0.25) is 15.9 Å². The molecule has 0 spiro atoms. The first-order valence-corrected chi connectivity index (χ1v) is 10.9. The highest BCUT2D eigenvalue weighted by Gasteiger charge is 2.33. The lowest BCUT2D eigenvalue weighted by molar-refractivity contribution is -0.141. The predicted molar refractivity (Wildman–Crippen MR) is 109 cm³/mol. The van der Waals surface area contributed by atoms with E-state index in [1.54, 1.807) is 24.3 Å². The molecule has 0 fully saturated rings. The molecule has 9 heteroatoms. The van der Waals surface area contributed by atoms with Gasteiger partial charge in [0, 0.05) is 18.5 Å². The molecule has 0 saturated heterocycles. The van der Waals surface area contributed by atoms with Gasteiger partial charge >= 0.3 is 5.97 Å². The zero-order chi connectivity index (χ0) is 21.0.